The van der Waals surface area contributed by atoms with Gasteiger partial charge in [0.25, 0.3) is 0 Å². The van der Waals surface area contributed by atoms with Gasteiger partial charge >= 0.3 is 0 Å². The standard InChI is InChI=1S/C24H31N3O4S2/c1-19(32-20-8-4-2-5-9-20)24(28)25-22-18-21(33(29,30)27-14-16-31-17-15-27)10-11-23(22)26-12-6-3-7-13-26/h2,4-5,8-11,18-19H,3,6-7,12-17H2,1H3,(H,25,28). The van der Waals surface area contributed by atoms with Crippen LogP contribution in [-0.2, 0) is 19.6 Å². The predicted octanol–water partition coefficient (Wildman–Crippen LogP) is 3.82. The molecule has 2 aromatic rings. The highest BCUT2D eigenvalue weighted by Gasteiger charge is 2.28. The van der Waals surface area contributed by atoms with Crippen molar-refractivity contribution in [3.63, 3.8) is 0 Å². The highest BCUT2D eigenvalue weighted by molar-refractivity contribution is 8.00. The molecule has 0 radical (unpaired) electrons. The molecule has 2 aromatic carbocycles. The summed E-state index contributed by atoms with van der Waals surface area (Å²) < 4.78 is 33.2. The van der Waals surface area contributed by atoms with E-state index < -0.39 is 10.0 Å². The van der Waals surface area contributed by atoms with Crippen LogP contribution in [0.15, 0.2) is 58.3 Å². The highest BCUT2D eigenvalue weighted by atomic mass is 32.2. The van der Waals surface area contributed by atoms with Crippen LogP contribution in [0.25, 0.3) is 0 Å². The average molecular weight is 490 g/mol. The number of rotatable bonds is 7. The summed E-state index contributed by atoms with van der Waals surface area (Å²) in [6.07, 6.45) is 3.36. The van der Waals surface area contributed by atoms with E-state index in [9.17, 15) is 13.2 Å². The van der Waals surface area contributed by atoms with E-state index in [-0.39, 0.29) is 16.1 Å². The van der Waals surface area contributed by atoms with Crippen LogP contribution in [0.3, 0.4) is 0 Å². The lowest BCUT2D eigenvalue weighted by Gasteiger charge is -2.31. The molecule has 9 heteroatoms. The fourth-order valence-corrected chi connectivity index (χ4v) is 6.44. The Labute approximate surface area is 200 Å². The van der Waals surface area contributed by atoms with Crippen molar-refractivity contribution in [2.75, 3.05) is 49.6 Å². The topological polar surface area (TPSA) is 79.0 Å². The zero-order valence-corrected chi connectivity index (χ0v) is 20.5. The number of nitrogens with zero attached hydrogens (tertiary/aromatic N) is 2. The summed E-state index contributed by atoms with van der Waals surface area (Å²) in [6.45, 7) is 5.11. The van der Waals surface area contributed by atoms with Crippen LogP contribution in [0.4, 0.5) is 11.4 Å². The Bertz CT molecular complexity index is 1050. The Kier molecular flexibility index (Phi) is 7.95. The number of ether oxygens (including phenoxy) is 1. The van der Waals surface area contributed by atoms with E-state index in [2.05, 4.69) is 10.2 Å². The molecule has 2 fully saturated rings. The van der Waals surface area contributed by atoms with Gasteiger partial charge in [-0.25, -0.2) is 8.42 Å². The van der Waals surface area contributed by atoms with E-state index in [1.54, 1.807) is 12.1 Å². The van der Waals surface area contributed by atoms with Crippen molar-refractivity contribution in [3.05, 3.63) is 48.5 Å². The number of piperidine rings is 1. The zero-order valence-electron chi connectivity index (χ0n) is 18.9. The lowest BCUT2D eigenvalue weighted by Crippen LogP contribution is -2.40. The summed E-state index contributed by atoms with van der Waals surface area (Å²) in [5.74, 6) is -0.150. The third-order valence-corrected chi connectivity index (χ3v) is 8.96. The van der Waals surface area contributed by atoms with Gasteiger partial charge in [-0.1, -0.05) is 18.2 Å². The van der Waals surface area contributed by atoms with E-state index in [0.29, 0.717) is 32.0 Å². The molecule has 2 saturated heterocycles. The molecule has 2 heterocycles. The lowest BCUT2D eigenvalue weighted by molar-refractivity contribution is -0.115. The number of thioether (sulfide) groups is 1. The smallest absolute Gasteiger partial charge is 0.243 e. The minimum atomic E-state index is -3.66. The maximum absolute atomic E-state index is 13.2. The van der Waals surface area contributed by atoms with Crippen LogP contribution in [-0.4, -0.2) is 63.3 Å². The van der Waals surface area contributed by atoms with Crippen molar-refractivity contribution < 1.29 is 17.9 Å². The van der Waals surface area contributed by atoms with E-state index in [4.69, 9.17) is 4.74 Å². The molecule has 0 aliphatic carbocycles. The van der Waals surface area contributed by atoms with Crippen LogP contribution in [0.5, 0.6) is 0 Å². The summed E-state index contributed by atoms with van der Waals surface area (Å²) >= 11 is 1.48. The number of carbonyl (C=O) groups excluding carboxylic acids is 1. The quantitative estimate of drug-likeness (QED) is 0.596. The number of nitrogens with one attached hydrogen (secondary N) is 1. The van der Waals surface area contributed by atoms with E-state index in [1.807, 2.05) is 43.3 Å². The monoisotopic (exact) mass is 489 g/mol. The average Bonchev–Trinajstić information content (AvgIpc) is 2.85. The van der Waals surface area contributed by atoms with Crippen LogP contribution >= 0.6 is 11.8 Å². The summed E-state index contributed by atoms with van der Waals surface area (Å²) in [7, 11) is -3.66. The van der Waals surface area contributed by atoms with Gasteiger partial charge in [-0.05, 0) is 56.5 Å². The van der Waals surface area contributed by atoms with Crippen LogP contribution < -0.4 is 10.2 Å². The Morgan fingerprint density at radius 1 is 1.00 bits per heavy atom. The van der Waals surface area contributed by atoms with Gasteiger partial charge in [0.1, 0.15) is 0 Å². The number of hydrogen-bond acceptors (Lipinski definition) is 6. The molecule has 2 aliphatic rings. The lowest BCUT2D eigenvalue weighted by atomic mass is 10.1. The Hall–Kier alpha value is -2.07. The molecule has 2 aliphatic heterocycles. The molecule has 0 saturated carbocycles. The van der Waals surface area contributed by atoms with E-state index in [1.165, 1.54) is 22.5 Å². The molecule has 7 nitrogen and oxygen atoms in total. The van der Waals surface area contributed by atoms with Gasteiger partial charge < -0.3 is 15.0 Å². The largest absolute Gasteiger partial charge is 0.379 e. The fourth-order valence-electron chi connectivity index (χ4n) is 4.11. The van der Waals surface area contributed by atoms with E-state index in [0.717, 1.165) is 36.5 Å². The SMILES string of the molecule is CC(Sc1ccccc1)C(=O)Nc1cc(S(=O)(=O)N2CCOCC2)ccc1N1CCCCC1. The first kappa shape index (κ1) is 24.1. The summed E-state index contributed by atoms with van der Waals surface area (Å²) in [4.78, 5) is 16.5. The number of sulfonamides is 1. The zero-order chi connectivity index (χ0) is 23.3. The maximum Gasteiger partial charge on any atom is 0.243 e. The van der Waals surface area contributed by atoms with Gasteiger partial charge in [-0.15, -0.1) is 11.8 Å². The van der Waals surface area contributed by atoms with Crippen LogP contribution in [0, 0.1) is 0 Å². The fraction of sp³-hybridized carbons (Fsp3) is 0.458. The first-order valence-corrected chi connectivity index (χ1v) is 13.8. The summed E-state index contributed by atoms with van der Waals surface area (Å²) in [6, 6.07) is 14.9. The molecule has 178 valence electrons. The molecular weight excluding hydrogens is 458 g/mol. The third-order valence-electron chi connectivity index (χ3n) is 5.96. The Morgan fingerprint density at radius 2 is 1.70 bits per heavy atom. The number of morpholine rings is 1. The second-order valence-electron chi connectivity index (χ2n) is 8.31. The molecule has 1 atom stereocenters. The first-order valence-electron chi connectivity index (χ1n) is 11.4. The second-order valence-corrected chi connectivity index (χ2v) is 11.7. The number of carbonyl (C=O) groups is 1. The molecule has 1 N–H and O–H groups in total. The van der Waals surface area contributed by atoms with Gasteiger partial charge in [0, 0.05) is 31.1 Å². The van der Waals surface area contributed by atoms with Crippen molar-refractivity contribution >= 4 is 39.1 Å². The number of anilines is 2. The minimum absolute atomic E-state index is 0.150. The molecular formula is C24H31N3O4S2. The molecule has 0 spiro atoms. The van der Waals surface area contributed by atoms with Gasteiger partial charge in [-0.3, -0.25) is 4.79 Å². The highest BCUT2D eigenvalue weighted by Crippen LogP contribution is 2.33. The number of amides is 1. The first-order chi connectivity index (χ1) is 15.9. The third kappa shape index (κ3) is 5.90. The molecule has 4 rings (SSSR count). The van der Waals surface area contributed by atoms with Crippen LogP contribution in [0.2, 0.25) is 0 Å². The molecule has 1 amide bonds. The van der Waals surface area contributed by atoms with Gasteiger partial charge in [0.15, 0.2) is 0 Å². The summed E-state index contributed by atoms with van der Waals surface area (Å²) in [5.41, 5.74) is 1.43. The van der Waals surface area contributed by atoms with Gasteiger partial charge in [0.2, 0.25) is 15.9 Å². The predicted molar refractivity (Wildman–Crippen MR) is 132 cm³/mol. The molecule has 33 heavy (non-hydrogen) atoms. The number of hydrogen-bond donors (Lipinski definition) is 1. The van der Waals surface area contributed by atoms with Gasteiger partial charge in [0.05, 0.1) is 34.7 Å². The summed E-state index contributed by atoms with van der Waals surface area (Å²) in [5, 5.41) is 2.70. The Morgan fingerprint density at radius 3 is 2.39 bits per heavy atom. The van der Waals surface area contributed by atoms with Crippen molar-refractivity contribution in [1.29, 1.82) is 0 Å². The van der Waals surface area contributed by atoms with Gasteiger partial charge in [-0.2, -0.15) is 4.31 Å². The number of benzene rings is 2. The Balaban J connectivity index is 1.60. The minimum Gasteiger partial charge on any atom is -0.379 e. The van der Waals surface area contributed by atoms with Crippen molar-refractivity contribution in [2.45, 2.75) is 41.2 Å². The van der Waals surface area contributed by atoms with Crippen molar-refractivity contribution in [2.24, 2.45) is 0 Å². The van der Waals surface area contributed by atoms with Crippen molar-refractivity contribution in [3.8, 4) is 0 Å². The maximum atomic E-state index is 13.2. The second kappa shape index (κ2) is 10.9. The van der Waals surface area contributed by atoms with E-state index >= 15 is 0 Å². The molecule has 0 aromatic heterocycles. The molecule has 1 unspecified atom stereocenters. The van der Waals surface area contributed by atoms with Crippen LogP contribution in [0.1, 0.15) is 26.2 Å². The molecule has 0 bridgehead atoms. The normalized spacial score (nSPS) is 18.6. The van der Waals surface area contributed by atoms with Crippen molar-refractivity contribution in [1.82, 2.24) is 4.31 Å².